The second-order valence-electron chi connectivity index (χ2n) is 5.66. The highest BCUT2D eigenvalue weighted by atomic mass is 32.2. The van der Waals surface area contributed by atoms with Gasteiger partial charge in [-0.2, -0.15) is 20.6 Å². The average Bonchev–Trinajstić information content (AvgIpc) is 3.24. The third kappa shape index (κ3) is 2.94. The van der Waals surface area contributed by atoms with Crippen LogP contribution >= 0.6 is 11.3 Å². The van der Waals surface area contributed by atoms with Gasteiger partial charge in [0.25, 0.3) is 0 Å². The molecule has 0 saturated carbocycles. The fourth-order valence-corrected chi connectivity index (χ4v) is 4.76. The van der Waals surface area contributed by atoms with Crippen molar-refractivity contribution in [2.24, 2.45) is 0 Å². The SMILES string of the molecule is COc1ccc(S(=O)(=O)N2CC(c3nc(-c4ccsc4)no3)C2)cc1. The predicted molar refractivity (Wildman–Crippen MR) is 92.1 cm³/mol. The van der Waals surface area contributed by atoms with Crippen LogP contribution in [0.3, 0.4) is 0 Å². The van der Waals surface area contributed by atoms with Gasteiger partial charge in [0.05, 0.1) is 17.9 Å². The highest BCUT2D eigenvalue weighted by Crippen LogP contribution is 2.32. The van der Waals surface area contributed by atoms with E-state index in [9.17, 15) is 8.42 Å². The lowest BCUT2D eigenvalue weighted by atomic mass is 10.0. The molecule has 0 atom stereocenters. The molecule has 1 aliphatic rings. The second-order valence-corrected chi connectivity index (χ2v) is 8.38. The zero-order valence-corrected chi connectivity index (χ0v) is 15.0. The van der Waals surface area contributed by atoms with E-state index in [2.05, 4.69) is 10.1 Å². The molecule has 1 aliphatic heterocycles. The topological polar surface area (TPSA) is 85.5 Å². The molecule has 3 aromatic rings. The molecule has 130 valence electrons. The Morgan fingerprint density at radius 3 is 2.64 bits per heavy atom. The summed E-state index contributed by atoms with van der Waals surface area (Å²) in [5.74, 6) is 1.55. The molecule has 0 bridgehead atoms. The number of rotatable bonds is 5. The monoisotopic (exact) mass is 377 g/mol. The van der Waals surface area contributed by atoms with Gasteiger partial charge in [-0.3, -0.25) is 0 Å². The Bertz CT molecular complexity index is 959. The molecule has 2 aromatic heterocycles. The van der Waals surface area contributed by atoms with Gasteiger partial charge in [0, 0.05) is 24.0 Å². The first-order chi connectivity index (χ1) is 12.1. The van der Waals surface area contributed by atoms with E-state index in [4.69, 9.17) is 9.26 Å². The molecule has 0 N–H and O–H groups in total. The Hall–Kier alpha value is -2.23. The lowest BCUT2D eigenvalue weighted by molar-refractivity contribution is 0.217. The Kier molecular flexibility index (Phi) is 4.06. The zero-order valence-electron chi connectivity index (χ0n) is 13.3. The highest BCUT2D eigenvalue weighted by molar-refractivity contribution is 7.89. The van der Waals surface area contributed by atoms with Crippen molar-refractivity contribution in [1.82, 2.24) is 14.4 Å². The maximum absolute atomic E-state index is 12.6. The standard InChI is InChI=1S/C16H15N3O4S2/c1-22-13-2-4-14(5-3-13)25(20,21)19-8-12(9-19)16-17-15(18-23-16)11-6-7-24-10-11/h2-7,10,12H,8-9H2,1H3. The minimum Gasteiger partial charge on any atom is -0.497 e. The molecule has 0 amide bonds. The lowest BCUT2D eigenvalue weighted by Crippen LogP contribution is -2.48. The van der Waals surface area contributed by atoms with Gasteiger partial charge in [0.2, 0.25) is 21.7 Å². The summed E-state index contributed by atoms with van der Waals surface area (Å²) >= 11 is 1.56. The van der Waals surface area contributed by atoms with Crippen LogP contribution in [-0.4, -0.2) is 43.1 Å². The first kappa shape index (κ1) is 16.2. The summed E-state index contributed by atoms with van der Waals surface area (Å²) in [6.07, 6.45) is 0. The molecule has 1 aromatic carbocycles. The van der Waals surface area contributed by atoms with E-state index in [0.29, 0.717) is 30.6 Å². The number of ether oxygens (including phenoxy) is 1. The molecule has 1 saturated heterocycles. The van der Waals surface area contributed by atoms with E-state index in [1.54, 1.807) is 35.6 Å². The van der Waals surface area contributed by atoms with Gasteiger partial charge in [-0.15, -0.1) is 0 Å². The number of thiophene rings is 1. The summed E-state index contributed by atoms with van der Waals surface area (Å²) in [5.41, 5.74) is 0.905. The Labute approximate surface area is 148 Å². The fourth-order valence-electron chi connectivity index (χ4n) is 2.60. The van der Waals surface area contributed by atoms with Crippen LogP contribution in [0.25, 0.3) is 11.4 Å². The van der Waals surface area contributed by atoms with Crippen LogP contribution in [-0.2, 0) is 10.0 Å². The first-order valence-electron chi connectivity index (χ1n) is 7.58. The molecule has 0 radical (unpaired) electrons. The maximum atomic E-state index is 12.6. The van der Waals surface area contributed by atoms with Crippen LogP contribution in [0.15, 0.2) is 50.5 Å². The number of methoxy groups -OCH3 is 1. The number of nitrogens with zero attached hydrogens (tertiary/aromatic N) is 3. The Morgan fingerprint density at radius 1 is 1.24 bits per heavy atom. The van der Waals surface area contributed by atoms with E-state index < -0.39 is 10.0 Å². The molecular weight excluding hydrogens is 362 g/mol. The minimum absolute atomic E-state index is 0.0760. The van der Waals surface area contributed by atoms with Crippen molar-refractivity contribution < 1.29 is 17.7 Å². The van der Waals surface area contributed by atoms with Gasteiger partial charge < -0.3 is 9.26 Å². The molecule has 7 nitrogen and oxygen atoms in total. The Balaban J connectivity index is 1.46. The molecule has 1 fully saturated rings. The van der Waals surface area contributed by atoms with Crippen LogP contribution in [0.1, 0.15) is 11.8 Å². The lowest BCUT2D eigenvalue weighted by Gasteiger charge is -2.35. The van der Waals surface area contributed by atoms with Gasteiger partial charge in [-0.25, -0.2) is 8.42 Å². The normalized spacial score (nSPS) is 15.9. The summed E-state index contributed by atoms with van der Waals surface area (Å²) in [6.45, 7) is 0.666. The number of aromatic nitrogens is 2. The number of sulfonamides is 1. The Morgan fingerprint density at radius 2 is 2.00 bits per heavy atom. The van der Waals surface area contributed by atoms with Crippen molar-refractivity contribution in [2.75, 3.05) is 20.2 Å². The molecule has 9 heteroatoms. The number of benzene rings is 1. The van der Waals surface area contributed by atoms with Gasteiger partial charge in [0.15, 0.2) is 0 Å². The summed E-state index contributed by atoms with van der Waals surface area (Å²) in [4.78, 5) is 4.62. The van der Waals surface area contributed by atoms with Crippen LogP contribution in [0.4, 0.5) is 0 Å². The van der Waals surface area contributed by atoms with E-state index in [0.717, 1.165) is 5.56 Å². The van der Waals surface area contributed by atoms with E-state index >= 15 is 0 Å². The number of hydrogen-bond acceptors (Lipinski definition) is 7. The molecule has 25 heavy (non-hydrogen) atoms. The largest absolute Gasteiger partial charge is 0.497 e. The zero-order chi connectivity index (χ0) is 17.4. The van der Waals surface area contributed by atoms with Gasteiger partial charge in [0.1, 0.15) is 5.75 Å². The van der Waals surface area contributed by atoms with Crippen LogP contribution in [0, 0.1) is 0 Å². The number of hydrogen-bond donors (Lipinski definition) is 0. The van der Waals surface area contributed by atoms with Gasteiger partial charge >= 0.3 is 0 Å². The van der Waals surface area contributed by atoms with Gasteiger partial charge in [-0.1, -0.05) is 5.16 Å². The van der Waals surface area contributed by atoms with Crippen molar-refractivity contribution >= 4 is 21.4 Å². The third-order valence-corrected chi connectivity index (χ3v) is 6.64. The molecule has 0 spiro atoms. The van der Waals surface area contributed by atoms with Crippen LogP contribution < -0.4 is 4.74 Å². The third-order valence-electron chi connectivity index (χ3n) is 4.12. The fraction of sp³-hybridized carbons (Fsp3) is 0.250. The average molecular weight is 377 g/mol. The molecule has 0 aliphatic carbocycles. The van der Waals surface area contributed by atoms with Crippen molar-refractivity contribution in [3.05, 3.63) is 47.0 Å². The van der Waals surface area contributed by atoms with Crippen molar-refractivity contribution in [3.8, 4) is 17.1 Å². The maximum Gasteiger partial charge on any atom is 0.243 e. The molecule has 0 unspecified atom stereocenters. The highest BCUT2D eigenvalue weighted by Gasteiger charge is 2.40. The van der Waals surface area contributed by atoms with E-state index in [1.807, 2.05) is 16.8 Å². The summed E-state index contributed by atoms with van der Waals surface area (Å²) in [7, 11) is -1.97. The quantitative estimate of drug-likeness (QED) is 0.679. The predicted octanol–water partition coefficient (Wildman–Crippen LogP) is 2.59. The summed E-state index contributed by atoms with van der Waals surface area (Å²) < 4.78 is 37.0. The van der Waals surface area contributed by atoms with Crippen molar-refractivity contribution in [2.45, 2.75) is 10.8 Å². The molecule has 3 heterocycles. The molecular formula is C16H15N3O4S2. The van der Waals surface area contributed by atoms with Crippen molar-refractivity contribution in [3.63, 3.8) is 0 Å². The smallest absolute Gasteiger partial charge is 0.243 e. The van der Waals surface area contributed by atoms with Crippen LogP contribution in [0.5, 0.6) is 5.75 Å². The van der Waals surface area contributed by atoms with Gasteiger partial charge in [-0.05, 0) is 35.7 Å². The van der Waals surface area contributed by atoms with Crippen LogP contribution in [0.2, 0.25) is 0 Å². The first-order valence-corrected chi connectivity index (χ1v) is 9.96. The van der Waals surface area contributed by atoms with E-state index in [-0.39, 0.29) is 10.8 Å². The molecule has 4 rings (SSSR count). The summed E-state index contributed by atoms with van der Waals surface area (Å²) in [5, 5.41) is 7.85. The van der Waals surface area contributed by atoms with Crippen molar-refractivity contribution in [1.29, 1.82) is 0 Å². The van der Waals surface area contributed by atoms with E-state index in [1.165, 1.54) is 11.4 Å². The minimum atomic E-state index is -3.51. The second kappa shape index (κ2) is 6.25. The summed E-state index contributed by atoms with van der Waals surface area (Å²) in [6, 6.07) is 8.27.